The van der Waals surface area contributed by atoms with Crippen molar-refractivity contribution >= 4 is 13.7 Å². The van der Waals surface area contributed by atoms with Gasteiger partial charge in [-0.3, -0.25) is 23.7 Å². The third kappa shape index (κ3) is 6.48. The molecule has 0 aliphatic carbocycles. The molecule has 12 nitrogen and oxygen atoms in total. The van der Waals surface area contributed by atoms with E-state index in [2.05, 4.69) is 5.09 Å². The number of esters is 1. The lowest BCUT2D eigenvalue weighted by Crippen LogP contribution is -2.43. The Morgan fingerprint density at radius 3 is 2.56 bits per heavy atom. The average molecular weight is 529 g/mol. The summed E-state index contributed by atoms with van der Waals surface area (Å²) in [6.45, 7) is 5.07. The maximum Gasteiger partial charge on any atom is 0.459 e. The predicted molar refractivity (Wildman–Crippen MR) is 125 cm³/mol. The van der Waals surface area contributed by atoms with Crippen molar-refractivity contribution < 1.29 is 37.4 Å². The third-order valence-corrected chi connectivity index (χ3v) is 6.90. The summed E-state index contributed by atoms with van der Waals surface area (Å²) in [4.78, 5) is 37.7. The molecule has 3 rings (SSSR count). The number of hydrogen-bond acceptors (Lipinski definition) is 9. The molecule has 1 aliphatic rings. The lowest BCUT2D eigenvalue weighted by atomic mass is 9.98. The number of ether oxygens (including phenoxy) is 2. The van der Waals surface area contributed by atoms with Crippen molar-refractivity contribution in [2.75, 3.05) is 6.61 Å². The molecule has 1 fully saturated rings. The van der Waals surface area contributed by atoms with Gasteiger partial charge in [-0.2, -0.15) is 5.09 Å². The molecule has 6 atom stereocenters. The molecule has 2 aromatic rings. The number of nitrogens with one attached hydrogen (secondary N) is 2. The van der Waals surface area contributed by atoms with Crippen molar-refractivity contribution in [2.45, 2.75) is 63.9 Å². The summed E-state index contributed by atoms with van der Waals surface area (Å²) in [6.07, 6.45) is -4.21. The Kier molecular flexibility index (Phi) is 8.52. The van der Waals surface area contributed by atoms with E-state index in [-0.39, 0.29) is 5.75 Å². The molecule has 0 saturated carbocycles. The molecule has 1 aromatic carbocycles. The summed E-state index contributed by atoms with van der Waals surface area (Å²) in [6, 6.07) is 7.86. The van der Waals surface area contributed by atoms with Crippen LogP contribution in [0.1, 0.15) is 33.9 Å². The Labute approximate surface area is 205 Å². The number of H-pyrrole nitrogens is 1. The van der Waals surface area contributed by atoms with Crippen molar-refractivity contribution in [3.8, 4) is 5.75 Å². The Morgan fingerprint density at radius 1 is 1.28 bits per heavy atom. The van der Waals surface area contributed by atoms with Gasteiger partial charge in [-0.25, -0.2) is 13.8 Å². The standard InChI is InChI=1S/C22H29FN3O9P/c1-13(2)33-19(29)14(3)25-36(31,35-15-8-6-5-7-9-15)32-12-16-18(28)22(4,23)20(34-16)26-11-10-17(27)24-21(26)30/h5-11,13-14,16,18,20,28H,12H2,1-4H3,(H,25,31)(H,24,27,30)/t14-,16+,18+,20+,22+,36+/m1/s1. The molecule has 0 radical (unpaired) electrons. The van der Waals surface area contributed by atoms with Gasteiger partial charge in [0.15, 0.2) is 11.9 Å². The molecule has 3 N–H and O–H groups in total. The second-order valence-corrected chi connectivity index (χ2v) is 10.4. The first kappa shape index (κ1) is 27.8. The molecule has 1 saturated heterocycles. The maximum atomic E-state index is 15.4. The minimum Gasteiger partial charge on any atom is -0.462 e. The molecule has 0 spiro atoms. The van der Waals surface area contributed by atoms with Crippen LogP contribution in [0.4, 0.5) is 4.39 Å². The summed E-state index contributed by atoms with van der Waals surface area (Å²) in [5.74, 6) is -0.560. The fraction of sp³-hybridized carbons (Fsp3) is 0.500. The van der Waals surface area contributed by atoms with E-state index in [0.717, 1.165) is 23.8 Å². The Hall–Kier alpha value is -2.83. The lowest BCUT2D eigenvalue weighted by Gasteiger charge is -2.25. The highest BCUT2D eigenvalue weighted by molar-refractivity contribution is 7.52. The average Bonchev–Trinajstić information content (AvgIpc) is 3.01. The number of benzene rings is 1. The van der Waals surface area contributed by atoms with Gasteiger partial charge in [0.25, 0.3) is 5.56 Å². The molecular formula is C22H29FN3O9P. The number of hydrogen-bond donors (Lipinski definition) is 3. The van der Waals surface area contributed by atoms with Crippen LogP contribution in [0.25, 0.3) is 0 Å². The summed E-state index contributed by atoms with van der Waals surface area (Å²) in [5.41, 5.74) is -4.12. The lowest BCUT2D eigenvalue weighted by molar-refractivity contribution is -0.149. The largest absolute Gasteiger partial charge is 0.462 e. The van der Waals surface area contributed by atoms with E-state index in [0.29, 0.717) is 0 Å². The van der Waals surface area contributed by atoms with Gasteiger partial charge in [0, 0.05) is 12.3 Å². The zero-order chi connectivity index (χ0) is 26.7. The van der Waals surface area contributed by atoms with Gasteiger partial charge in [0.1, 0.15) is 24.0 Å². The molecular weight excluding hydrogens is 500 g/mol. The van der Waals surface area contributed by atoms with Crippen molar-refractivity contribution in [1.82, 2.24) is 14.6 Å². The van der Waals surface area contributed by atoms with E-state index in [9.17, 15) is 24.1 Å². The Morgan fingerprint density at radius 2 is 1.94 bits per heavy atom. The SMILES string of the molecule is CC(C)OC(=O)[C@@H](C)N[P@](=O)(OC[C@@H]1O[C@H](n2ccc(=O)[nH]c2=O)[C@@](C)(F)[C@H]1O)Oc1ccccc1. The van der Waals surface area contributed by atoms with Crippen LogP contribution >= 0.6 is 7.75 Å². The number of para-hydroxylation sites is 1. The van der Waals surface area contributed by atoms with E-state index in [4.69, 9.17) is 18.5 Å². The number of rotatable bonds is 10. The van der Waals surface area contributed by atoms with E-state index < -0.39 is 67.8 Å². The predicted octanol–water partition coefficient (Wildman–Crippen LogP) is 1.66. The molecule has 36 heavy (non-hydrogen) atoms. The van der Waals surface area contributed by atoms with Gasteiger partial charge < -0.3 is 19.1 Å². The molecule has 0 amide bonds. The van der Waals surface area contributed by atoms with Crippen molar-refractivity contribution in [3.05, 3.63) is 63.4 Å². The van der Waals surface area contributed by atoms with Crippen LogP contribution < -0.4 is 20.9 Å². The molecule has 0 bridgehead atoms. The first-order valence-electron chi connectivity index (χ1n) is 11.1. The highest BCUT2D eigenvalue weighted by Gasteiger charge is 2.55. The van der Waals surface area contributed by atoms with Gasteiger partial charge in [-0.15, -0.1) is 0 Å². The molecule has 0 unspecified atom stereocenters. The van der Waals surface area contributed by atoms with Crippen LogP contribution in [0.3, 0.4) is 0 Å². The number of carbonyl (C=O) groups excluding carboxylic acids is 1. The monoisotopic (exact) mass is 529 g/mol. The topological polar surface area (TPSA) is 158 Å². The number of alkyl halides is 1. The summed E-state index contributed by atoms with van der Waals surface area (Å²) >= 11 is 0. The number of halogens is 1. The van der Waals surface area contributed by atoms with E-state index in [1.807, 2.05) is 4.98 Å². The number of aliphatic hydroxyl groups is 1. The summed E-state index contributed by atoms with van der Waals surface area (Å²) < 4.78 is 51.4. The highest BCUT2D eigenvalue weighted by Crippen LogP contribution is 2.47. The number of aliphatic hydroxyl groups excluding tert-OH is 1. The van der Waals surface area contributed by atoms with Crippen molar-refractivity contribution in [1.29, 1.82) is 0 Å². The molecule has 2 heterocycles. The maximum absolute atomic E-state index is 15.4. The summed E-state index contributed by atoms with van der Waals surface area (Å²) in [7, 11) is -4.30. The van der Waals surface area contributed by atoms with Crippen LogP contribution in [-0.4, -0.2) is 57.3 Å². The number of carbonyl (C=O) groups is 1. The zero-order valence-corrected chi connectivity index (χ0v) is 21.0. The fourth-order valence-corrected chi connectivity index (χ4v) is 4.97. The summed E-state index contributed by atoms with van der Waals surface area (Å²) in [5, 5.41) is 13.0. The van der Waals surface area contributed by atoms with Crippen molar-refractivity contribution in [3.63, 3.8) is 0 Å². The molecule has 1 aromatic heterocycles. The Bertz CT molecular complexity index is 1220. The number of aromatic nitrogens is 2. The molecule has 1 aliphatic heterocycles. The number of nitrogens with zero attached hydrogens (tertiary/aromatic N) is 1. The minimum atomic E-state index is -4.30. The van der Waals surface area contributed by atoms with Crippen LogP contribution in [0.5, 0.6) is 5.75 Å². The van der Waals surface area contributed by atoms with Crippen LogP contribution in [0, 0.1) is 0 Å². The van der Waals surface area contributed by atoms with E-state index >= 15 is 4.39 Å². The number of aromatic amines is 1. The first-order chi connectivity index (χ1) is 16.8. The van der Waals surface area contributed by atoms with Crippen LogP contribution in [-0.2, 0) is 23.4 Å². The van der Waals surface area contributed by atoms with Gasteiger partial charge in [0.05, 0.1) is 12.7 Å². The Balaban J connectivity index is 1.80. The third-order valence-electron chi connectivity index (χ3n) is 5.26. The minimum absolute atomic E-state index is 0.152. The van der Waals surface area contributed by atoms with Crippen LogP contribution in [0.15, 0.2) is 52.2 Å². The normalized spacial score (nSPS) is 26.4. The van der Waals surface area contributed by atoms with Gasteiger partial charge >= 0.3 is 19.4 Å². The van der Waals surface area contributed by atoms with Gasteiger partial charge in [-0.1, -0.05) is 18.2 Å². The molecule has 14 heteroatoms. The van der Waals surface area contributed by atoms with Gasteiger partial charge in [-0.05, 0) is 39.8 Å². The smallest absolute Gasteiger partial charge is 0.459 e. The zero-order valence-electron chi connectivity index (χ0n) is 20.1. The second-order valence-electron chi connectivity index (χ2n) is 8.67. The highest BCUT2D eigenvalue weighted by atomic mass is 31.2. The first-order valence-corrected chi connectivity index (χ1v) is 12.7. The molecule has 198 valence electrons. The van der Waals surface area contributed by atoms with E-state index in [1.54, 1.807) is 32.0 Å². The van der Waals surface area contributed by atoms with Crippen molar-refractivity contribution in [2.24, 2.45) is 0 Å². The van der Waals surface area contributed by atoms with E-state index in [1.165, 1.54) is 19.1 Å². The fourth-order valence-electron chi connectivity index (χ4n) is 3.47. The second kappa shape index (κ2) is 11.1. The van der Waals surface area contributed by atoms with Gasteiger partial charge in [0.2, 0.25) is 0 Å². The quantitative estimate of drug-likeness (QED) is 0.305. The van der Waals surface area contributed by atoms with Crippen LogP contribution in [0.2, 0.25) is 0 Å².